The largest absolute Gasteiger partial charge is 0.426 e. The summed E-state index contributed by atoms with van der Waals surface area (Å²) in [7, 11) is 1.39. The van der Waals surface area contributed by atoms with Crippen molar-refractivity contribution in [1.29, 1.82) is 0 Å². The first-order chi connectivity index (χ1) is 13.6. The standard InChI is InChI=1S/C18H19ClF6N2O3/c1-16(30,18(23,24)25)15(29)27-7-5-11(6-8-27)26(2)14(28)12-4-3-10(9-13(12)19)17(20,21)22/h3-4,9,11,30H,5-8H2,1-2H3/t16-/m1/s1. The summed E-state index contributed by atoms with van der Waals surface area (Å²) in [5.74, 6) is -2.13. The minimum Gasteiger partial charge on any atom is -0.373 e. The monoisotopic (exact) mass is 460 g/mol. The SMILES string of the molecule is CN(C(=O)c1ccc(C(F)(F)F)cc1Cl)C1CCN(C(=O)[C@@](C)(O)C(F)(F)F)CC1. The molecule has 1 aromatic rings. The van der Waals surface area contributed by atoms with Crippen molar-refractivity contribution in [1.82, 2.24) is 9.80 Å². The van der Waals surface area contributed by atoms with Crippen LogP contribution in [0, 0.1) is 0 Å². The fourth-order valence-electron chi connectivity index (χ4n) is 3.11. The molecule has 0 spiro atoms. The number of rotatable bonds is 3. The van der Waals surface area contributed by atoms with Crippen LogP contribution in [0.2, 0.25) is 5.02 Å². The summed E-state index contributed by atoms with van der Waals surface area (Å²) >= 11 is 5.84. The van der Waals surface area contributed by atoms with Gasteiger partial charge in [-0.2, -0.15) is 26.3 Å². The van der Waals surface area contributed by atoms with Crippen molar-refractivity contribution in [2.24, 2.45) is 0 Å². The van der Waals surface area contributed by atoms with Gasteiger partial charge in [-0.25, -0.2) is 0 Å². The van der Waals surface area contributed by atoms with E-state index in [0.717, 1.165) is 17.0 Å². The summed E-state index contributed by atoms with van der Waals surface area (Å²) in [4.78, 5) is 26.7. The van der Waals surface area contributed by atoms with E-state index in [0.29, 0.717) is 13.0 Å². The van der Waals surface area contributed by atoms with E-state index in [1.165, 1.54) is 11.9 Å². The van der Waals surface area contributed by atoms with Crippen molar-refractivity contribution in [2.45, 2.75) is 43.8 Å². The zero-order chi connectivity index (χ0) is 23.1. The highest BCUT2D eigenvalue weighted by atomic mass is 35.5. The Morgan fingerprint density at radius 3 is 2.10 bits per heavy atom. The van der Waals surface area contributed by atoms with Gasteiger partial charge < -0.3 is 14.9 Å². The number of alkyl halides is 6. The third kappa shape index (κ3) is 4.83. The van der Waals surface area contributed by atoms with Crippen molar-refractivity contribution in [3.05, 3.63) is 34.3 Å². The van der Waals surface area contributed by atoms with Crippen molar-refractivity contribution < 1.29 is 41.0 Å². The lowest BCUT2D eigenvalue weighted by molar-refractivity contribution is -0.250. The molecule has 12 heteroatoms. The van der Waals surface area contributed by atoms with Gasteiger partial charge in [0.25, 0.3) is 11.8 Å². The Bertz CT molecular complexity index is 817. The van der Waals surface area contributed by atoms with Gasteiger partial charge in [0.1, 0.15) is 0 Å². The number of benzene rings is 1. The molecular weight excluding hydrogens is 442 g/mol. The number of carbonyl (C=O) groups excluding carboxylic acids is 2. The van der Waals surface area contributed by atoms with Crippen LogP contribution in [0.1, 0.15) is 35.7 Å². The number of likely N-dealkylation sites (tertiary alicyclic amines) is 1. The molecule has 0 radical (unpaired) electrons. The lowest BCUT2D eigenvalue weighted by atomic mass is 9.98. The maximum Gasteiger partial charge on any atom is 0.426 e. The van der Waals surface area contributed by atoms with E-state index in [4.69, 9.17) is 11.6 Å². The summed E-state index contributed by atoms with van der Waals surface area (Å²) in [6.07, 6.45) is -9.50. The molecule has 1 aromatic carbocycles. The van der Waals surface area contributed by atoms with Gasteiger partial charge in [-0.1, -0.05) is 11.6 Å². The second-order valence-corrected chi connectivity index (χ2v) is 7.61. The smallest absolute Gasteiger partial charge is 0.373 e. The fourth-order valence-corrected chi connectivity index (χ4v) is 3.37. The molecule has 30 heavy (non-hydrogen) atoms. The highest BCUT2D eigenvalue weighted by Gasteiger charge is 2.57. The third-order valence-electron chi connectivity index (χ3n) is 5.12. The molecular formula is C18H19ClF6N2O3. The molecule has 168 valence electrons. The van der Waals surface area contributed by atoms with Gasteiger partial charge in [0.05, 0.1) is 16.1 Å². The molecule has 1 aliphatic heterocycles. The molecule has 1 atom stereocenters. The number of piperidine rings is 1. The van der Waals surface area contributed by atoms with E-state index < -0.39 is 41.4 Å². The van der Waals surface area contributed by atoms with Gasteiger partial charge >= 0.3 is 12.4 Å². The lowest BCUT2D eigenvalue weighted by Crippen LogP contribution is -2.58. The number of amides is 2. The molecule has 5 nitrogen and oxygen atoms in total. The molecule has 0 bridgehead atoms. The molecule has 2 rings (SSSR count). The Balaban J connectivity index is 2.06. The Kier molecular flexibility index (Phi) is 6.68. The van der Waals surface area contributed by atoms with E-state index >= 15 is 0 Å². The second kappa shape index (κ2) is 8.26. The Morgan fingerprint density at radius 1 is 1.13 bits per heavy atom. The van der Waals surface area contributed by atoms with Gasteiger partial charge in [0, 0.05) is 26.2 Å². The fraction of sp³-hybridized carbons (Fsp3) is 0.556. The Hall–Kier alpha value is -2.01. The van der Waals surface area contributed by atoms with Crippen LogP contribution in [0.4, 0.5) is 26.3 Å². The van der Waals surface area contributed by atoms with E-state index in [2.05, 4.69) is 0 Å². The van der Waals surface area contributed by atoms with Crippen molar-refractivity contribution in [3.63, 3.8) is 0 Å². The van der Waals surface area contributed by atoms with Gasteiger partial charge in [-0.3, -0.25) is 9.59 Å². The summed E-state index contributed by atoms with van der Waals surface area (Å²) in [5, 5.41) is 9.14. The van der Waals surface area contributed by atoms with Crippen molar-refractivity contribution >= 4 is 23.4 Å². The van der Waals surface area contributed by atoms with Crippen LogP contribution in [0.25, 0.3) is 0 Å². The van der Waals surface area contributed by atoms with Gasteiger partial charge in [-0.05, 0) is 38.0 Å². The molecule has 1 fully saturated rings. The average Bonchev–Trinajstić information content (AvgIpc) is 2.64. The first-order valence-corrected chi connectivity index (χ1v) is 9.17. The lowest BCUT2D eigenvalue weighted by Gasteiger charge is -2.39. The second-order valence-electron chi connectivity index (χ2n) is 7.20. The molecule has 2 amide bonds. The van der Waals surface area contributed by atoms with Crippen LogP contribution in [-0.4, -0.2) is 64.7 Å². The summed E-state index contributed by atoms with van der Waals surface area (Å²) in [5.41, 5.74) is -4.67. The summed E-state index contributed by atoms with van der Waals surface area (Å²) in [6.45, 7) is 0.117. The van der Waals surface area contributed by atoms with E-state index in [1.54, 1.807) is 0 Å². The van der Waals surface area contributed by atoms with Crippen LogP contribution >= 0.6 is 11.6 Å². The predicted molar refractivity (Wildman–Crippen MR) is 94.8 cm³/mol. The molecule has 0 aromatic heterocycles. The van der Waals surface area contributed by atoms with Crippen LogP contribution in [0.15, 0.2) is 18.2 Å². The molecule has 0 aliphatic carbocycles. The highest BCUT2D eigenvalue weighted by Crippen LogP contribution is 2.34. The Labute approximate surface area is 173 Å². The summed E-state index contributed by atoms with van der Waals surface area (Å²) < 4.78 is 76.7. The van der Waals surface area contributed by atoms with E-state index in [9.17, 15) is 41.0 Å². The number of nitrogens with zero attached hydrogens (tertiary/aromatic N) is 2. The van der Waals surface area contributed by atoms with Crippen LogP contribution in [0.5, 0.6) is 0 Å². The number of halogens is 7. The van der Waals surface area contributed by atoms with Gasteiger partial charge in [0.2, 0.25) is 5.60 Å². The zero-order valence-electron chi connectivity index (χ0n) is 15.9. The van der Waals surface area contributed by atoms with Crippen LogP contribution in [0.3, 0.4) is 0 Å². The number of aliphatic hydroxyl groups is 1. The quantitative estimate of drug-likeness (QED) is 0.699. The van der Waals surface area contributed by atoms with Gasteiger partial charge in [0.15, 0.2) is 0 Å². The minimum absolute atomic E-state index is 0.125. The maximum atomic E-state index is 12.8. The van der Waals surface area contributed by atoms with Crippen LogP contribution < -0.4 is 0 Å². The van der Waals surface area contributed by atoms with Gasteiger partial charge in [-0.15, -0.1) is 0 Å². The molecule has 1 saturated heterocycles. The first-order valence-electron chi connectivity index (χ1n) is 8.79. The normalized spacial score (nSPS) is 18.1. The molecule has 0 unspecified atom stereocenters. The number of carbonyl (C=O) groups is 2. The highest BCUT2D eigenvalue weighted by molar-refractivity contribution is 6.33. The maximum absolute atomic E-state index is 12.8. The predicted octanol–water partition coefficient (Wildman–Crippen LogP) is 3.74. The average molecular weight is 461 g/mol. The van der Waals surface area contributed by atoms with E-state index in [1.807, 2.05) is 0 Å². The van der Waals surface area contributed by atoms with Crippen molar-refractivity contribution in [2.75, 3.05) is 20.1 Å². The first kappa shape index (κ1) is 24.3. The Morgan fingerprint density at radius 2 is 1.67 bits per heavy atom. The molecule has 1 heterocycles. The number of hydrogen-bond donors (Lipinski definition) is 1. The van der Waals surface area contributed by atoms with Crippen molar-refractivity contribution in [3.8, 4) is 0 Å². The van der Waals surface area contributed by atoms with E-state index in [-0.39, 0.29) is 36.5 Å². The molecule has 1 N–H and O–H groups in total. The summed E-state index contributed by atoms with van der Waals surface area (Å²) in [6, 6.07) is 1.86. The third-order valence-corrected chi connectivity index (χ3v) is 5.43. The topological polar surface area (TPSA) is 60.9 Å². The number of hydrogen-bond acceptors (Lipinski definition) is 3. The molecule has 1 aliphatic rings. The van der Waals surface area contributed by atoms with Crippen LogP contribution in [-0.2, 0) is 11.0 Å². The minimum atomic E-state index is -5.13. The zero-order valence-corrected chi connectivity index (χ0v) is 16.7. The molecule has 0 saturated carbocycles.